The molecule has 10 heteroatoms. The summed E-state index contributed by atoms with van der Waals surface area (Å²) in [5, 5.41) is 7.25. The molecule has 1 aliphatic heterocycles. The van der Waals surface area contributed by atoms with Crippen molar-refractivity contribution in [3.63, 3.8) is 0 Å². The highest BCUT2D eigenvalue weighted by Crippen LogP contribution is 2.37. The summed E-state index contributed by atoms with van der Waals surface area (Å²) >= 11 is 12.9. The van der Waals surface area contributed by atoms with Gasteiger partial charge in [-0.05, 0) is 54.8 Å². The maximum absolute atomic E-state index is 15.6. The lowest BCUT2D eigenvalue weighted by Crippen LogP contribution is -2.30. The van der Waals surface area contributed by atoms with Crippen LogP contribution in [0.2, 0.25) is 10.0 Å². The first-order valence-corrected chi connectivity index (χ1v) is 12.2. The van der Waals surface area contributed by atoms with Crippen LogP contribution >= 0.6 is 23.2 Å². The van der Waals surface area contributed by atoms with Crippen molar-refractivity contribution in [2.45, 2.75) is 26.2 Å². The van der Waals surface area contributed by atoms with Crippen LogP contribution < -0.4 is 5.32 Å². The SMILES string of the molecule is CC1=Nc2c(ccc([C@@H](CNC(=O)c3c(Cl)cc(-n4cnc(C)n4)cc3Cl)c3cccc(F)c3)c2F)C1. The highest BCUT2D eigenvalue weighted by atomic mass is 35.5. The Hall–Kier alpha value is -3.62. The number of benzene rings is 3. The quantitative estimate of drug-likeness (QED) is 0.309. The van der Waals surface area contributed by atoms with Crippen molar-refractivity contribution in [2.75, 3.05) is 6.54 Å². The zero-order valence-electron chi connectivity index (χ0n) is 19.9. The fourth-order valence-corrected chi connectivity index (χ4v) is 5.10. The minimum absolute atomic E-state index is 0.0304. The lowest BCUT2D eigenvalue weighted by atomic mass is 9.89. The largest absolute Gasteiger partial charge is 0.351 e. The minimum Gasteiger partial charge on any atom is -0.351 e. The molecular weight excluding hydrogens is 519 g/mol. The Morgan fingerprint density at radius 2 is 1.86 bits per heavy atom. The van der Waals surface area contributed by atoms with E-state index in [2.05, 4.69) is 20.4 Å². The van der Waals surface area contributed by atoms with Crippen LogP contribution in [-0.2, 0) is 6.42 Å². The number of aryl methyl sites for hydroxylation is 1. The third kappa shape index (κ3) is 4.99. The van der Waals surface area contributed by atoms with Gasteiger partial charge in [0.25, 0.3) is 5.91 Å². The second-order valence-corrected chi connectivity index (χ2v) is 9.65. The van der Waals surface area contributed by atoms with Gasteiger partial charge in [0.1, 0.15) is 23.7 Å². The molecule has 1 aliphatic rings. The fraction of sp³-hybridized carbons (Fsp3) is 0.185. The molecule has 1 aromatic heterocycles. The summed E-state index contributed by atoms with van der Waals surface area (Å²) in [6, 6.07) is 12.5. The van der Waals surface area contributed by atoms with Crippen molar-refractivity contribution in [1.82, 2.24) is 20.1 Å². The standard InChI is InChI=1S/C27H21Cl2F2N5O/c1-14-8-17-6-7-20(25(31)26(17)34-14)21(16-4-3-5-18(30)9-16)12-32-27(37)24-22(28)10-19(11-23(24)29)36-13-33-15(2)35-36/h3-7,9-11,13,21H,8,12H2,1-2H3,(H,32,37)/t21-/m0/s1. The molecule has 188 valence electrons. The van der Waals surface area contributed by atoms with Crippen molar-refractivity contribution in [3.05, 3.63) is 105 Å². The van der Waals surface area contributed by atoms with Crippen LogP contribution in [0.15, 0.2) is 59.9 Å². The van der Waals surface area contributed by atoms with E-state index in [0.717, 1.165) is 11.3 Å². The number of nitrogens with zero attached hydrogens (tertiary/aromatic N) is 4. The summed E-state index contributed by atoms with van der Waals surface area (Å²) in [4.78, 5) is 21.6. The van der Waals surface area contributed by atoms with Gasteiger partial charge >= 0.3 is 0 Å². The number of halogens is 4. The van der Waals surface area contributed by atoms with Gasteiger partial charge in [-0.1, -0.05) is 47.5 Å². The summed E-state index contributed by atoms with van der Waals surface area (Å²) in [6.45, 7) is 3.55. The van der Waals surface area contributed by atoms with Crippen molar-refractivity contribution in [1.29, 1.82) is 0 Å². The van der Waals surface area contributed by atoms with Gasteiger partial charge in [0.05, 0.1) is 21.3 Å². The van der Waals surface area contributed by atoms with Gasteiger partial charge in [-0.3, -0.25) is 9.79 Å². The third-order valence-electron chi connectivity index (χ3n) is 6.20. The van der Waals surface area contributed by atoms with Gasteiger partial charge in [-0.25, -0.2) is 18.4 Å². The maximum Gasteiger partial charge on any atom is 0.254 e. The average molecular weight is 540 g/mol. The average Bonchev–Trinajstić information content (AvgIpc) is 3.45. The number of aromatic nitrogens is 3. The minimum atomic E-state index is -0.684. The van der Waals surface area contributed by atoms with Gasteiger partial charge in [0.2, 0.25) is 0 Å². The molecule has 3 aromatic carbocycles. The van der Waals surface area contributed by atoms with Gasteiger partial charge in [0.15, 0.2) is 5.82 Å². The molecule has 6 nitrogen and oxygen atoms in total. The fourth-order valence-electron chi connectivity index (χ4n) is 4.45. The predicted molar refractivity (Wildman–Crippen MR) is 140 cm³/mol. The zero-order valence-corrected chi connectivity index (χ0v) is 21.4. The number of nitrogens with one attached hydrogen (secondary N) is 1. The highest BCUT2D eigenvalue weighted by Gasteiger charge is 2.26. The van der Waals surface area contributed by atoms with Gasteiger partial charge in [-0.2, -0.15) is 5.10 Å². The summed E-state index contributed by atoms with van der Waals surface area (Å²) in [7, 11) is 0. The van der Waals surface area contributed by atoms with E-state index < -0.39 is 23.5 Å². The normalized spacial score (nSPS) is 13.3. The van der Waals surface area contributed by atoms with E-state index in [0.29, 0.717) is 29.1 Å². The third-order valence-corrected chi connectivity index (χ3v) is 6.79. The topological polar surface area (TPSA) is 72.2 Å². The molecule has 5 rings (SSSR count). The number of hydrogen-bond acceptors (Lipinski definition) is 4. The Bertz CT molecular complexity index is 1540. The molecule has 0 unspecified atom stereocenters. The number of amides is 1. The van der Waals surface area contributed by atoms with E-state index in [-0.39, 0.29) is 27.8 Å². The Labute approximate surface area is 222 Å². The molecule has 1 amide bonds. The summed E-state index contributed by atoms with van der Waals surface area (Å²) in [6.07, 6.45) is 2.09. The first-order valence-electron chi connectivity index (χ1n) is 11.5. The first-order chi connectivity index (χ1) is 17.7. The molecule has 37 heavy (non-hydrogen) atoms. The van der Waals surface area contributed by atoms with Crippen LogP contribution in [0.3, 0.4) is 0 Å². The highest BCUT2D eigenvalue weighted by molar-refractivity contribution is 6.40. The second-order valence-electron chi connectivity index (χ2n) is 8.84. The Balaban J connectivity index is 1.46. The van der Waals surface area contributed by atoms with Crippen molar-refractivity contribution in [2.24, 2.45) is 4.99 Å². The molecule has 0 saturated heterocycles. The smallest absolute Gasteiger partial charge is 0.254 e. The Kier molecular flexibility index (Phi) is 6.79. The maximum atomic E-state index is 15.6. The van der Waals surface area contributed by atoms with Crippen LogP contribution in [0.1, 0.15) is 45.7 Å². The molecule has 0 radical (unpaired) electrons. The number of carbonyl (C=O) groups excluding carboxylic acids is 1. The van der Waals surface area contributed by atoms with Gasteiger partial charge in [-0.15, -0.1) is 0 Å². The Morgan fingerprint density at radius 1 is 1.11 bits per heavy atom. The van der Waals surface area contributed by atoms with Crippen LogP contribution in [0.4, 0.5) is 14.5 Å². The first kappa shape index (κ1) is 25.0. The summed E-state index contributed by atoms with van der Waals surface area (Å²) in [5.74, 6) is -1.61. The predicted octanol–water partition coefficient (Wildman–Crippen LogP) is 6.37. The van der Waals surface area contributed by atoms with E-state index in [1.54, 1.807) is 37.3 Å². The zero-order chi connectivity index (χ0) is 26.3. The molecule has 0 spiro atoms. The summed E-state index contributed by atoms with van der Waals surface area (Å²) < 4.78 is 31.2. The molecular formula is C27H21Cl2F2N5O. The lowest BCUT2D eigenvalue weighted by molar-refractivity contribution is 0.0952. The van der Waals surface area contributed by atoms with Crippen LogP contribution in [0.25, 0.3) is 5.69 Å². The summed E-state index contributed by atoms with van der Waals surface area (Å²) in [5.41, 5.74) is 3.31. The number of fused-ring (bicyclic) bond motifs is 1. The molecule has 4 aromatic rings. The number of hydrogen-bond donors (Lipinski definition) is 1. The molecule has 2 heterocycles. The Morgan fingerprint density at radius 3 is 2.54 bits per heavy atom. The molecule has 0 saturated carbocycles. The van der Waals surface area contributed by atoms with E-state index in [1.165, 1.54) is 23.1 Å². The molecule has 1 N–H and O–H groups in total. The molecule has 1 atom stereocenters. The number of rotatable bonds is 6. The van der Waals surface area contributed by atoms with Gasteiger partial charge < -0.3 is 5.32 Å². The molecule has 0 bridgehead atoms. The molecule has 0 aliphatic carbocycles. The van der Waals surface area contributed by atoms with Crippen LogP contribution in [0.5, 0.6) is 0 Å². The van der Waals surface area contributed by atoms with E-state index >= 15 is 4.39 Å². The second kappa shape index (κ2) is 10.0. The van der Waals surface area contributed by atoms with Crippen molar-refractivity contribution in [3.8, 4) is 5.69 Å². The van der Waals surface area contributed by atoms with E-state index in [4.69, 9.17) is 23.2 Å². The molecule has 0 fully saturated rings. The van der Waals surface area contributed by atoms with Gasteiger partial charge in [0, 0.05) is 24.6 Å². The number of carbonyl (C=O) groups is 1. The van der Waals surface area contributed by atoms with E-state index in [1.807, 2.05) is 13.0 Å². The monoisotopic (exact) mass is 539 g/mol. The lowest BCUT2D eigenvalue weighted by Gasteiger charge is -2.21. The van der Waals surface area contributed by atoms with Crippen molar-refractivity contribution >= 4 is 40.5 Å². The number of aliphatic imine (C=N–C) groups is 1. The van der Waals surface area contributed by atoms with E-state index in [9.17, 15) is 9.18 Å². The van der Waals surface area contributed by atoms with Crippen molar-refractivity contribution < 1.29 is 13.6 Å². The van der Waals surface area contributed by atoms with Crippen LogP contribution in [-0.4, -0.2) is 32.9 Å². The van der Waals surface area contributed by atoms with Crippen LogP contribution in [0, 0.1) is 18.6 Å².